The van der Waals surface area contributed by atoms with E-state index in [9.17, 15) is 0 Å². The van der Waals surface area contributed by atoms with E-state index in [2.05, 4.69) is 159 Å². The van der Waals surface area contributed by atoms with Gasteiger partial charge in [0.1, 0.15) is 0 Å². The second kappa shape index (κ2) is 32.7. The number of hydrogen-bond acceptors (Lipinski definition) is 12. The van der Waals surface area contributed by atoms with Crippen LogP contribution < -0.4 is 25.8 Å². The lowest BCUT2D eigenvalue weighted by molar-refractivity contribution is -0.0982. The first-order chi connectivity index (χ1) is 39.0. The molecule has 7 saturated heterocycles. The van der Waals surface area contributed by atoms with Crippen LogP contribution >= 0.6 is 0 Å². The molecule has 2 aliphatic carbocycles. The molecule has 436 valence electrons. The molecule has 0 amide bonds. The summed E-state index contributed by atoms with van der Waals surface area (Å²) < 4.78 is 14.7. The van der Waals surface area contributed by atoms with Crippen molar-refractivity contribution < 1.29 is 9.47 Å². The number of nitrogens with one attached hydrogen (secondary N) is 3. The molecule has 13 rings (SSSR count). The van der Waals surface area contributed by atoms with E-state index in [1.807, 2.05) is 26.1 Å². The Labute approximate surface area is 478 Å². The average Bonchev–Trinajstić information content (AvgIpc) is 4.06. The van der Waals surface area contributed by atoms with Gasteiger partial charge in [-0.05, 0) is 197 Å². The molecule has 9 aliphatic rings. The molecule has 3 N–H and O–H groups in total. The van der Waals surface area contributed by atoms with E-state index < -0.39 is 0 Å². The van der Waals surface area contributed by atoms with Gasteiger partial charge in [0.25, 0.3) is 0 Å². The molecule has 0 atom stereocenters. The zero-order valence-corrected chi connectivity index (χ0v) is 49.3. The summed E-state index contributed by atoms with van der Waals surface area (Å²) in [5.74, 6) is 1.70. The quantitative estimate of drug-likeness (QED) is 0.126. The van der Waals surface area contributed by atoms with Crippen LogP contribution in [0.15, 0.2) is 109 Å². The zero-order chi connectivity index (χ0) is 54.3. The predicted octanol–water partition coefficient (Wildman–Crippen LogP) is 9.26. The summed E-state index contributed by atoms with van der Waals surface area (Å²) in [6.07, 6.45) is 23.8. The van der Waals surface area contributed by atoms with Crippen molar-refractivity contribution in [3.63, 3.8) is 0 Å². The zero-order valence-electron chi connectivity index (χ0n) is 49.3. The third-order valence-electron chi connectivity index (χ3n) is 18.8. The van der Waals surface area contributed by atoms with Crippen LogP contribution in [0.1, 0.15) is 121 Å². The average molecular weight is 1080 g/mol. The van der Waals surface area contributed by atoms with Crippen molar-refractivity contribution in [1.82, 2.24) is 45.3 Å². The van der Waals surface area contributed by atoms with E-state index in [0.29, 0.717) is 30.5 Å². The van der Waals surface area contributed by atoms with E-state index in [1.54, 1.807) is 0 Å². The third kappa shape index (κ3) is 18.8. The number of anilines is 2. The molecule has 13 nitrogen and oxygen atoms in total. The Kier molecular flexibility index (Phi) is 24.7. The fourth-order valence-corrected chi connectivity index (χ4v) is 13.6. The van der Waals surface area contributed by atoms with Crippen molar-refractivity contribution in [2.75, 3.05) is 141 Å². The van der Waals surface area contributed by atoms with Gasteiger partial charge in [0.05, 0.1) is 30.5 Å². The highest BCUT2D eigenvalue weighted by Gasteiger charge is 2.39. The smallest absolute Gasteiger partial charge is 0.0608 e. The van der Waals surface area contributed by atoms with Crippen LogP contribution in [0.4, 0.5) is 11.4 Å². The van der Waals surface area contributed by atoms with Crippen molar-refractivity contribution in [2.45, 2.75) is 152 Å². The number of likely N-dealkylation sites (tertiary alicyclic amines) is 2. The van der Waals surface area contributed by atoms with Crippen molar-refractivity contribution >= 4 is 11.4 Å². The van der Waals surface area contributed by atoms with Crippen molar-refractivity contribution in [2.24, 2.45) is 5.92 Å². The van der Waals surface area contributed by atoms with Gasteiger partial charge in [-0.2, -0.15) is 5.10 Å². The molecule has 9 fully saturated rings. The van der Waals surface area contributed by atoms with Gasteiger partial charge in [0.15, 0.2) is 0 Å². The minimum atomic E-state index is 0.511. The van der Waals surface area contributed by atoms with E-state index in [1.165, 1.54) is 179 Å². The van der Waals surface area contributed by atoms with Gasteiger partial charge < -0.3 is 49.9 Å². The normalized spacial score (nSPS) is 26.6. The van der Waals surface area contributed by atoms with E-state index in [0.717, 1.165) is 76.3 Å². The van der Waals surface area contributed by atoms with Gasteiger partial charge in [-0.25, -0.2) is 0 Å². The summed E-state index contributed by atoms with van der Waals surface area (Å²) in [5, 5.41) is 14.6. The number of hydrogen-bond donors (Lipinski definition) is 3. The second-order valence-electron chi connectivity index (χ2n) is 24.1. The Balaban J connectivity index is 0.000000129. The lowest BCUT2D eigenvalue weighted by Gasteiger charge is -2.47. The Morgan fingerprint density at radius 2 is 0.886 bits per heavy atom. The standard InChI is InChI=1S/C20H30N2O.C19H29N3O.C14H24N4.C11H16N2.C2H6/c1-2-4-16(5-3-1)17-8-12-22(13-9-17)18-14-20(15-18)23-19-6-10-21-11-7-19;1-2-4-16(5-3-1)21-10-12-22(13-11-21)17-14-19(15-17)23-18-6-8-20-9-7-18;1-6-16-18(9-1)14-4-10-17(11-5-14)12-13-2-7-15-8-3-13;1-12-7-9-13(10-8-12)11-5-3-2-4-6-11;1-2/h1-5,17-21H,6-15H2;1-5,17-20H,6-15H2;1,6,9,13-15H,2-5,7-8,10-12H2;2-6H,7-10H2,1H3;1-2H3. The van der Waals surface area contributed by atoms with Crippen LogP contribution in [0.5, 0.6) is 0 Å². The largest absolute Gasteiger partial charge is 0.375 e. The monoisotopic (exact) mass is 1080 g/mol. The van der Waals surface area contributed by atoms with Crippen molar-refractivity contribution in [1.29, 1.82) is 0 Å². The number of aromatic nitrogens is 2. The number of benzene rings is 3. The number of piperidine rings is 5. The fraction of sp³-hybridized carbons (Fsp3) is 0.682. The first kappa shape index (κ1) is 59.7. The van der Waals surface area contributed by atoms with Crippen LogP contribution in [0, 0.1) is 5.92 Å². The van der Waals surface area contributed by atoms with Crippen molar-refractivity contribution in [3.8, 4) is 0 Å². The number of rotatable bonds is 12. The molecule has 0 unspecified atom stereocenters. The number of piperazine rings is 2. The molecule has 0 bridgehead atoms. The molecule has 4 aromatic rings. The molecule has 0 spiro atoms. The lowest BCUT2D eigenvalue weighted by atomic mass is 9.83. The maximum absolute atomic E-state index is 6.27. The Morgan fingerprint density at radius 1 is 0.443 bits per heavy atom. The van der Waals surface area contributed by atoms with Crippen molar-refractivity contribution in [3.05, 3.63) is 115 Å². The summed E-state index contributed by atoms with van der Waals surface area (Å²) in [6, 6.07) is 36.7. The molecule has 2 saturated carbocycles. The number of likely N-dealkylation sites (N-methyl/N-ethyl adjacent to an activating group) is 1. The molecular weight excluding hydrogens is 979 g/mol. The van der Waals surface area contributed by atoms with E-state index >= 15 is 0 Å². The second-order valence-corrected chi connectivity index (χ2v) is 24.1. The summed E-state index contributed by atoms with van der Waals surface area (Å²) in [5.41, 5.74) is 4.26. The summed E-state index contributed by atoms with van der Waals surface area (Å²) >= 11 is 0. The van der Waals surface area contributed by atoms with Crippen LogP contribution in [-0.2, 0) is 9.47 Å². The van der Waals surface area contributed by atoms with Gasteiger partial charge in [-0.15, -0.1) is 0 Å². The first-order valence-electron chi connectivity index (χ1n) is 32.0. The molecule has 7 aliphatic heterocycles. The highest BCUT2D eigenvalue weighted by atomic mass is 16.5. The molecule has 8 heterocycles. The summed E-state index contributed by atoms with van der Waals surface area (Å²) in [7, 11) is 2.18. The minimum absolute atomic E-state index is 0.511. The van der Waals surface area contributed by atoms with E-state index in [4.69, 9.17) is 9.47 Å². The van der Waals surface area contributed by atoms with Gasteiger partial charge >= 0.3 is 0 Å². The molecule has 0 radical (unpaired) electrons. The minimum Gasteiger partial charge on any atom is -0.375 e. The molecule has 1 aromatic heterocycles. The number of ether oxygens (including phenoxy) is 2. The summed E-state index contributed by atoms with van der Waals surface area (Å²) in [6.45, 7) is 26.6. The molecule has 3 aromatic carbocycles. The topological polar surface area (TPSA) is 91.8 Å². The Morgan fingerprint density at radius 3 is 1.35 bits per heavy atom. The number of nitrogens with zero attached hydrogens (tertiary/aromatic N) is 8. The number of para-hydroxylation sites is 2. The Bertz CT molecular complexity index is 2060. The summed E-state index contributed by atoms with van der Waals surface area (Å²) in [4.78, 5) is 15.4. The van der Waals surface area contributed by atoms with Crippen LogP contribution in [0.3, 0.4) is 0 Å². The molecule has 79 heavy (non-hydrogen) atoms. The predicted molar refractivity (Wildman–Crippen MR) is 328 cm³/mol. The lowest BCUT2D eigenvalue weighted by Crippen LogP contribution is -2.56. The van der Waals surface area contributed by atoms with Gasteiger partial charge in [-0.1, -0.05) is 80.6 Å². The maximum Gasteiger partial charge on any atom is 0.0608 e. The maximum atomic E-state index is 6.27. The Hall–Kier alpha value is -3.89. The van der Waals surface area contributed by atoms with Gasteiger partial charge in [0, 0.05) is 108 Å². The fourth-order valence-electron chi connectivity index (χ4n) is 13.6. The van der Waals surface area contributed by atoms with Crippen LogP contribution in [-0.4, -0.2) is 197 Å². The highest BCUT2D eigenvalue weighted by Crippen LogP contribution is 2.36. The van der Waals surface area contributed by atoms with Gasteiger partial charge in [-0.3, -0.25) is 9.58 Å². The SMILES string of the molecule is CC.CN1CCN(c2ccccc2)CC1.c1ccc(C2CCN(C3CC(OC4CCNCC4)C3)CC2)cc1.c1ccc(N2CCN(C3CC(OC4CCNCC4)C3)CC2)cc1.c1cnn(C2CCN(CC3CCNCC3)CC2)c1. The third-order valence-corrected chi connectivity index (χ3v) is 18.8. The molecular formula is C66H105N11O2. The molecule has 13 heteroatoms. The van der Waals surface area contributed by atoms with Crippen LogP contribution in [0.25, 0.3) is 0 Å². The van der Waals surface area contributed by atoms with Gasteiger partial charge in [0.2, 0.25) is 0 Å². The van der Waals surface area contributed by atoms with Crippen LogP contribution in [0.2, 0.25) is 0 Å². The van der Waals surface area contributed by atoms with E-state index in [-0.39, 0.29) is 0 Å². The highest BCUT2D eigenvalue weighted by molar-refractivity contribution is 5.47. The first-order valence-corrected chi connectivity index (χ1v) is 32.0.